The quantitative estimate of drug-likeness (QED) is 0.538. The van der Waals surface area contributed by atoms with Crippen LogP contribution in [0.1, 0.15) is 11.1 Å². The second-order valence-corrected chi connectivity index (χ2v) is 6.89. The molecule has 76 valence electrons. The summed E-state index contributed by atoms with van der Waals surface area (Å²) in [7, 11) is 0. The molecule has 0 heterocycles. The maximum absolute atomic E-state index is 2.41. The van der Waals surface area contributed by atoms with Crippen LogP contribution in [0.2, 0.25) is 0 Å². The molecule has 0 aromatic heterocycles. The fraction of sp³-hybridized carbons (Fsp3) is 0. The Morgan fingerprint density at radius 3 is 1.50 bits per heavy atom. The van der Waals surface area contributed by atoms with E-state index in [1.807, 2.05) is 0 Å². The number of benzene rings is 2. The summed E-state index contributed by atoms with van der Waals surface area (Å²) in [5.41, 5.74) is 2.73. The zero-order chi connectivity index (χ0) is 11.5. The third-order valence-electron chi connectivity index (χ3n) is 2.29. The van der Waals surface area contributed by atoms with Gasteiger partial charge in [0.25, 0.3) is 0 Å². The summed E-state index contributed by atoms with van der Waals surface area (Å²) in [5.74, 6) is 0. The normalized spacial score (nSPS) is 10.2. The topological polar surface area (TPSA) is 0 Å². The summed E-state index contributed by atoms with van der Waals surface area (Å²) in [6, 6.07) is 17.1. The molecule has 0 aliphatic heterocycles. The minimum absolute atomic E-state index is 1.33. The molecule has 0 amide bonds. The van der Waals surface area contributed by atoms with Crippen LogP contribution < -0.4 is 0 Å². The molecule has 0 atom stereocenters. The van der Waals surface area contributed by atoms with Crippen LogP contribution in [0.15, 0.2) is 48.5 Å². The van der Waals surface area contributed by atoms with Gasteiger partial charge in [-0.1, -0.05) is 0 Å². The van der Waals surface area contributed by atoms with Gasteiger partial charge >= 0.3 is 139 Å². The van der Waals surface area contributed by atoms with Crippen molar-refractivity contribution in [2.24, 2.45) is 0 Å². The van der Waals surface area contributed by atoms with E-state index in [2.05, 4.69) is 93.7 Å². The van der Waals surface area contributed by atoms with Gasteiger partial charge in [-0.3, -0.25) is 0 Å². The van der Waals surface area contributed by atoms with Gasteiger partial charge in [-0.15, -0.1) is 0 Å². The summed E-state index contributed by atoms with van der Waals surface area (Å²) in [5, 5.41) is 0. The molecule has 0 spiro atoms. The SMILES string of the molecule is [Zr+2]=[C](c1ccccc1I)c1ccccc1I. The Balaban J connectivity index is 2.48. The molecule has 2 aromatic rings. The standard InChI is InChI=1S/C13H8I2.Zr/c14-12-7-3-1-5-10(12)9-11-6-2-4-8-13(11)15;/h1-8H;/q;+2. The first kappa shape index (κ1) is 13.1. The summed E-state index contributed by atoms with van der Waals surface area (Å²) < 4.78 is 4.08. The van der Waals surface area contributed by atoms with E-state index in [1.165, 1.54) is 45.7 Å². The zero-order valence-electron chi connectivity index (χ0n) is 8.37. The van der Waals surface area contributed by atoms with Crippen molar-refractivity contribution in [3.63, 3.8) is 0 Å². The molecular formula is C13H8I2Zr+2. The molecular weight excluding hydrogens is 501 g/mol. The molecule has 2 rings (SSSR count). The van der Waals surface area contributed by atoms with E-state index in [4.69, 9.17) is 0 Å². The third kappa shape index (κ3) is 2.91. The average molecular weight is 509 g/mol. The third-order valence-corrected chi connectivity index (χ3v) is 5.49. The van der Waals surface area contributed by atoms with E-state index in [1.54, 1.807) is 0 Å². The van der Waals surface area contributed by atoms with Crippen LogP contribution in [0.4, 0.5) is 0 Å². The Hall–Kier alpha value is 0.653. The van der Waals surface area contributed by atoms with Crippen LogP contribution in [-0.4, -0.2) is 3.21 Å². The molecule has 0 N–H and O–H groups in total. The van der Waals surface area contributed by atoms with Crippen molar-refractivity contribution in [2.75, 3.05) is 0 Å². The summed E-state index contributed by atoms with van der Waals surface area (Å²) in [4.78, 5) is 0. The Morgan fingerprint density at radius 2 is 1.12 bits per heavy atom. The van der Waals surface area contributed by atoms with Crippen molar-refractivity contribution in [3.8, 4) is 0 Å². The van der Waals surface area contributed by atoms with Crippen LogP contribution in [-0.2, 0) is 24.2 Å². The van der Waals surface area contributed by atoms with E-state index in [-0.39, 0.29) is 0 Å². The van der Waals surface area contributed by atoms with Gasteiger partial charge in [0.15, 0.2) is 0 Å². The Morgan fingerprint density at radius 1 is 0.750 bits per heavy atom. The number of hydrogen-bond acceptors (Lipinski definition) is 0. The average Bonchev–Trinajstić information content (AvgIpc) is 2.29. The van der Waals surface area contributed by atoms with Gasteiger partial charge in [-0.05, 0) is 0 Å². The Labute approximate surface area is 137 Å². The molecule has 0 aliphatic carbocycles. The first-order valence-electron chi connectivity index (χ1n) is 4.78. The molecule has 0 radical (unpaired) electrons. The molecule has 0 aliphatic rings. The first-order chi connectivity index (χ1) is 7.70. The monoisotopic (exact) mass is 508 g/mol. The van der Waals surface area contributed by atoms with Gasteiger partial charge in [0, 0.05) is 0 Å². The molecule has 0 nitrogen and oxygen atoms in total. The van der Waals surface area contributed by atoms with E-state index < -0.39 is 0 Å². The molecule has 3 heteroatoms. The Kier molecular flexibility index (Phi) is 4.92. The van der Waals surface area contributed by atoms with Gasteiger partial charge in [0.05, 0.1) is 0 Å². The predicted molar refractivity (Wildman–Crippen MR) is 81.5 cm³/mol. The van der Waals surface area contributed by atoms with Gasteiger partial charge in [0.1, 0.15) is 0 Å². The first-order valence-corrected chi connectivity index (χ1v) is 8.17. The van der Waals surface area contributed by atoms with Crippen LogP contribution >= 0.6 is 45.2 Å². The minimum atomic E-state index is 1.33. The van der Waals surface area contributed by atoms with Gasteiger partial charge in [-0.2, -0.15) is 0 Å². The van der Waals surface area contributed by atoms with Gasteiger partial charge < -0.3 is 0 Å². The Bertz CT molecular complexity index is 487. The fourth-order valence-electron chi connectivity index (χ4n) is 1.47. The van der Waals surface area contributed by atoms with Crippen LogP contribution in [0, 0.1) is 7.14 Å². The van der Waals surface area contributed by atoms with Crippen LogP contribution in [0.25, 0.3) is 0 Å². The number of hydrogen-bond donors (Lipinski definition) is 0. The summed E-state index contributed by atoms with van der Waals surface area (Å²) >= 11 is 6.27. The van der Waals surface area contributed by atoms with Crippen LogP contribution in [0.5, 0.6) is 0 Å². The number of rotatable bonds is 2. The molecule has 0 bridgehead atoms. The predicted octanol–water partition coefficient (Wildman–Crippen LogP) is 4.01. The second-order valence-electron chi connectivity index (χ2n) is 3.33. The van der Waals surface area contributed by atoms with Crippen LogP contribution in [0.3, 0.4) is 0 Å². The van der Waals surface area contributed by atoms with Crippen molar-refractivity contribution in [1.82, 2.24) is 0 Å². The maximum atomic E-state index is 2.41. The van der Waals surface area contributed by atoms with E-state index in [0.29, 0.717) is 0 Å². The molecule has 16 heavy (non-hydrogen) atoms. The summed E-state index contributed by atoms with van der Waals surface area (Å²) in [6.45, 7) is 0. The van der Waals surface area contributed by atoms with E-state index >= 15 is 0 Å². The molecule has 0 saturated carbocycles. The van der Waals surface area contributed by atoms with E-state index in [9.17, 15) is 0 Å². The van der Waals surface area contributed by atoms with Gasteiger partial charge in [-0.25, -0.2) is 0 Å². The summed E-state index contributed by atoms with van der Waals surface area (Å²) in [6.07, 6.45) is 0. The molecule has 0 saturated heterocycles. The molecule has 2 aromatic carbocycles. The molecule has 0 unspecified atom stereocenters. The zero-order valence-corrected chi connectivity index (χ0v) is 15.1. The molecule has 0 fully saturated rings. The second kappa shape index (κ2) is 6.01. The van der Waals surface area contributed by atoms with E-state index in [0.717, 1.165) is 0 Å². The van der Waals surface area contributed by atoms with Crippen molar-refractivity contribution in [2.45, 2.75) is 0 Å². The van der Waals surface area contributed by atoms with Crippen molar-refractivity contribution in [1.29, 1.82) is 0 Å². The van der Waals surface area contributed by atoms with Crippen molar-refractivity contribution >= 4 is 48.4 Å². The number of halogens is 2. The van der Waals surface area contributed by atoms with Crippen molar-refractivity contribution < 1.29 is 24.2 Å². The van der Waals surface area contributed by atoms with Gasteiger partial charge in [0.2, 0.25) is 0 Å². The fourth-order valence-corrected chi connectivity index (χ4v) is 5.11. The van der Waals surface area contributed by atoms with Crippen molar-refractivity contribution in [3.05, 3.63) is 66.8 Å².